The van der Waals surface area contributed by atoms with Crippen LogP contribution in [0.2, 0.25) is 0 Å². The summed E-state index contributed by atoms with van der Waals surface area (Å²) in [7, 11) is 0. The van der Waals surface area contributed by atoms with Crippen LogP contribution in [0.1, 0.15) is 60.3 Å². The lowest BCUT2D eigenvalue weighted by molar-refractivity contribution is -0.136. The number of halogens is 1. The number of carbonyl (C=O) groups is 2. The Morgan fingerprint density at radius 2 is 1.46 bits per heavy atom. The van der Waals surface area contributed by atoms with Gasteiger partial charge in [0.25, 0.3) is 0 Å². The van der Waals surface area contributed by atoms with E-state index in [4.69, 9.17) is 9.72 Å². The Labute approximate surface area is 270 Å². The number of aliphatic carboxylic acids is 1. The van der Waals surface area contributed by atoms with E-state index in [1.54, 1.807) is 17.0 Å². The molecule has 1 saturated heterocycles. The summed E-state index contributed by atoms with van der Waals surface area (Å²) in [6, 6.07) is 23.6. The average molecular weight is 624 g/mol. The lowest BCUT2D eigenvalue weighted by atomic mass is 9.82. The highest BCUT2D eigenvalue weighted by Crippen LogP contribution is 2.41. The van der Waals surface area contributed by atoms with Gasteiger partial charge in [-0.15, -0.1) is 0 Å². The predicted molar refractivity (Wildman–Crippen MR) is 178 cm³/mol. The predicted octanol–water partition coefficient (Wildman–Crippen LogP) is 8.10. The van der Waals surface area contributed by atoms with Crippen LogP contribution in [0.3, 0.4) is 0 Å². The number of aryl methyl sites for hydroxylation is 2. The van der Waals surface area contributed by atoms with Crippen molar-refractivity contribution >= 4 is 17.7 Å². The molecule has 5 rings (SSSR count). The van der Waals surface area contributed by atoms with Gasteiger partial charge in [-0.1, -0.05) is 80.6 Å². The van der Waals surface area contributed by atoms with Crippen LogP contribution in [-0.4, -0.2) is 40.1 Å². The molecule has 0 saturated carbocycles. The molecule has 0 unspecified atom stereocenters. The SMILES string of the molecule is Cc1nc(C)c(-c2ccc(CN(Cc3ccc(F)cc3)C(=O)OCc3ccccc3)cc2)c(N2CCC(C)(C)CC2)c1CC(=O)O. The van der Waals surface area contributed by atoms with E-state index in [1.807, 2.05) is 68.4 Å². The van der Waals surface area contributed by atoms with Crippen molar-refractivity contribution in [2.75, 3.05) is 18.0 Å². The topological polar surface area (TPSA) is 83.0 Å². The second-order valence-electron chi connectivity index (χ2n) is 12.9. The molecule has 0 radical (unpaired) electrons. The molecule has 1 fully saturated rings. The molecule has 1 amide bonds. The first-order valence-electron chi connectivity index (χ1n) is 15.8. The van der Waals surface area contributed by atoms with Gasteiger partial charge in [0.1, 0.15) is 12.4 Å². The first-order valence-corrected chi connectivity index (χ1v) is 15.8. The number of carboxylic acid groups (broad SMARTS) is 1. The molecule has 4 aromatic rings. The number of piperidine rings is 1. The van der Waals surface area contributed by atoms with Crippen LogP contribution >= 0.6 is 0 Å². The van der Waals surface area contributed by atoms with Gasteiger partial charge in [0, 0.05) is 48.7 Å². The monoisotopic (exact) mass is 623 g/mol. The number of carbonyl (C=O) groups excluding carboxylic acids is 1. The minimum absolute atomic E-state index is 0.0944. The van der Waals surface area contributed by atoms with E-state index < -0.39 is 12.1 Å². The Balaban J connectivity index is 1.44. The third-order valence-corrected chi connectivity index (χ3v) is 8.78. The van der Waals surface area contributed by atoms with Crippen LogP contribution < -0.4 is 4.90 Å². The number of aromatic nitrogens is 1. The lowest BCUT2D eigenvalue weighted by Crippen LogP contribution is -2.38. The number of nitrogens with zero attached hydrogens (tertiary/aromatic N) is 3. The van der Waals surface area contributed by atoms with Gasteiger partial charge in [0.2, 0.25) is 0 Å². The molecule has 1 aliphatic heterocycles. The van der Waals surface area contributed by atoms with E-state index in [1.165, 1.54) is 12.1 Å². The molecular formula is C38H42FN3O4. The third-order valence-electron chi connectivity index (χ3n) is 8.78. The highest BCUT2D eigenvalue weighted by molar-refractivity contribution is 5.86. The van der Waals surface area contributed by atoms with Gasteiger partial charge in [0.15, 0.2) is 0 Å². The molecule has 240 valence electrons. The zero-order valence-electron chi connectivity index (χ0n) is 27.1. The molecule has 8 heteroatoms. The summed E-state index contributed by atoms with van der Waals surface area (Å²) in [5.41, 5.74) is 8.00. The quantitative estimate of drug-likeness (QED) is 0.192. The van der Waals surface area contributed by atoms with E-state index in [2.05, 4.69) is 18.7 Å². The fourth-order valence-electron chi connectivity index (χ4n) is 6.06. The molecular weight excluding hydrogens is 581 g/mol. The van der Waals surface area contributed by atoms with E-state index in [-0.39, 0.29) is 37.3 Å². The number of hydrogen-bond donors (Lipinski definition) is 1. The van der Waals surface area contributed by atoms with Crippen LogP contribution in [-0.2, 0) is 35.6 Å². The minimum Gasteiger partial charge on any atom is -0.481 e. The Hall–Kier alpha value is -4.72. The molecule has 3 aromatic carbocycles. The van der Waals surface area contributed by atoms with E-state index >= 15 is 0 Å². The first kappa shape index (κ1) is 32.7. The summed E-state index contributed by atoms with van der Waals surface area (Å²) in [4.78, 5) is 34.0. The largest absolute Gasteiger partial charge is 0.481 e. The molecule has 7 nitrogen and oxygen atoms in total. The van der Waals surface area contributed by atoms with Gasteiger partial charge >= 0.3 is 12.1 Å². The van der Waals surface area contributed by atoms with Crippen LogP contribution in [0.25, 0.3) is 11.1 Å². The van der Waals surface area contributed by atoms with Crippen molar-refractivity contribution in [1.82, 2.24) is 9.88 Å². The van der Waals surface area contributed by atoms with Crippen molar-refractivity contribution in [2.45, 2.75) is 66.7 Å². The normalized spacial score (nSPS) is 14.2. The summed E-state index contributed by atoms with van der Waals surface area (Å²) >= 11 is 0. The summed E-state index contributed by atoms with van der Waals surface area (Å²) in [5.74, 6) is -1.22. The first-order chi connectivity index (χ1) is 22.0. The smallest absolute Gasteiger partial charge is 0.410 e. The van der Waals surface area contributed by atoms with Crippen molar-refractivity contribution in [3.63, 3.8) is 0 Å². The Kier molecular flexibility index (Phi) is 10.0. The highest BCUT2D eigenvalue weighted by atomic mass is 19.1. The summed E-state index contributed by atoms with van der Waals surface area (Å²) in [6.45, 7) is 10.8. The van der Waals surface area contributed by atoms with Crippen LogP contribution in [0.4, 0.5) is 14.9 Å². The molecule has 2 heterocycles. The van der Waals surface area contributed by atoms with E-state index in [9.17, 15) is 19.1 Å². The third kappa shape index (κ3) is 8.10. The Morgan fingerprint density at radius 3 is 2.04 bits per heavy atom. The van der Waals surface area contributed by atoms with Crippen molar-refractivity contribution in [3.05, 3.63) is 118 Å². The van der Waals surface area contributed by atoms with Crippen molar-refractivity contribution in [3.8, 4) is 11.1 Å². The molecule has 0 aliphatic carbocycles. The summed E-state index contributed by atoms with van der Waals surface area (Å²) < 4.78 is 19.3. The molecule has 1 aromatic heterocycles. The molecule has 0 bridgehead atoms. The standard InChI is InChI=1S/C38H42FN3O4/c1-26-33(22-34(43)44)36(41-20-18-38(3,4)19-21-41)35(27(2)40-26)31-14-10-28(11-15-31)23-42(24-29-12-16-32(39)17-13-29)37(45)46-25-30-8-6-5-7-9-30/h5-17H,18-25H2,1-4H3,(H,43,44). The zero-order chi connectivity index (χ0) is 32.8. The lowest BCUT2D eigenvalue weighted by Gasteiger charge is -2.40. The van der Waals surface area contributed by atoms with Crippen LogP contribution in [0, 0.1) is 25.1 Å². The zero-order valence-corrected chi connectivity index (χ0v) is 27.1. The van der Waals surface area contributed by atoms with Crippen LogP contribution in [0.15, 0.2) is 78.9 Å². The molecule has 0 atom stereocenters. The number of rotatable bonds is 10. The number of amides is 1. The minimum atomic E-state index is -0.881. The Bertz CT molecular complexity index is 1660. The number of carboxylic acids is 1. The van der Waals surface area contributed by atoms with E-state index in [0.717, 1.165) is 76.4 Å². The maximum Gasteiger partial charge on any atom is 0.410 e. The van der Waals surface area contributed by atoms with Gasteiger partial charge < -0.3 is 14.7 Å². The maximum atomic E-state index is 13.6. The number of benzene rings is 3. The average Bonchev–Trinajstić information content (AvgIpc) is 3.03. The second kappa shape index (κ2) is 14.1. The van der Waals surface area contributed by atoms with Gasteiger partial charge in [-0.25, -0.2) is 9.18 Å². The second-order valence-corrected chi connectivity index (χ2v) is 12.9. The number of ether oxygens (including phenoxy) is 1. The van der Waals surface area contributed by atoms with Gasteiger partial charge in [0.05, 0.1) is 12.1 Å². The highest BCUT2D eigenvalue weighted by Gasteiger charge is 2.30. The maximum absolute atomic E-state index is 13.6. The van der Waals surface area contributed by atoms with Crippen molar-refractivity contribution in [1.29, 1.82) is 0 Å². The molecule has 1 N–H and O–H groups in total. The summed E-state index contributed by atoms with van der Waals surface area (Å²) in [6.07, 6.45) is 1.47. The van der Waals surface area contributed by atoms with E-state index in [0.29, 0.717) is 0 Å². The fraction of sp³-hybridized carbons (Fsp3) is 0.342. The van der Waals surface area contributed by atoms with Crippen molar-refractivity contribution < 1.29 is 23.8 Å². The molecule has 46 heavy (non-hydrogen) atoms. The number of anilines is 1. The molecule has 1 aliphatic rings. The van der Waals surface area contributed by atoms with Crippen molar-refractivity contribution in [2.24, 2.45) is 5.41 Å². The number of pyridine rings is 1. The Morgan fingerprint density at radius 1 is 0.870 bits per heavy atom. The van der Waals surface area contributed by atoms with Gasteiger partial charge in [-0.3, -0.25) is 14.7 Å². The number of hydrogen-bond acceptors (Lipinski definition) is 5. The van der Waals surface area contributed by atoms with Gasteiger partial charge in [-0.05, 0) is 66.5 Å². The van der Waals surface area contributed by atoms with Gasteiger partial charge in [-0.2, -0.15) is 0 Å². The fourth-order valence-corrected chi connectivity index (χ4v) is 6.06. The van der Waals surface area contributed by atoms with Crippen LogP contribution in [0.5, 0.6) is 0 Å². The molecule has 0 spiro atoms. The summed E-state index contributed by atoms with van der Waals surface area (Å²) in [5, 5.41) is 9.81.